The largest absolute Gasteiger partial charge is 0.398 e. The average molecular weight is 248 g/mol. The molecule has 1 amide bonds. The quantitative estimate of drug-likeness (QED) is 0.739. The fourth-order valence-electron chi connectivity index (χ4n) is 2.19. The van der Waals surface area contributed by atoms with E-state index in [0.29, 0.717) is 24.3 Å². The summed E-state index contributed by atoms with van der Waals surface area (Å²) in [6.45, 7) is 5.03. The van der Waals surface area contributed by atoms with E-state index in [1.54, 1.807) is 17.0 Å². The van der Waals surface area contributed by atoms with Crippen LogP contribution in [0, 0.1) is 12.8 Å². The second kappa shape index (κ2) is 4.98. The zero-order valence-electron chi connectivity index (χ0n) is 10.9. The normalized spacial score (nSPS) is 24.1. The van der Waals surface area contributed by atoms with Crippen LogP contribution in [0.5, 0.6) is 0 Å². The first kappa shape index (κ1) is 12.9. The molecule has 0 spiro atoms. The number of carbonyl (C=O) groups excluding carboxylic acids is 1. The van der Waals surface area contributed by atoms with E-state index in [-0.39, 0.29) is 11.8 Å². The van der Waals surface area contributed by atoms with Crippen LogP contribution in [0.25, 0.3) is 0 Å². The molecule has 1 aromatic carbocycles. The summed E-state index contributed by atoms with van der Waals surface area (Å²) in [6, 6.07) is 5.35. The van der Waals surface area contributed by atoms with Crippen molar-refractivity contribution in [1.29, 1.82) is 0 Å². The monoisotopic (exact) mass is 248 g/mol. The Morgan fingerprint density at radius 1 is 1.50 bits per heavy atom. The molecule has 2 rings (SSSR count). The standard InChI is InChI=1S/C14H20N2O2/c1-9-3-4-11(7-12(9)15)14(18)16-6-5-10(2)13(17)8-16/h3-4,7,10,13,17H,5-6,8,15H2,1-2H3. The van der Waals surface area contributed by atoms with Crippen molar-refractivity contribution in [2.45, 2.75) is 26.4 Å². The van der Waals surface area contributed by atoms with Gasteiger partial charge in [-0.2, -0.15) is 0 Å². The van der Waals surface area contributed by atoms with Crippen molar-refractivity contribution in [1.82, 2.24) is 4.90 Å². The Balaban J connectivity index is 2.14. The molecule has 1 heterocycles. The van der Waals surface area contributed by atoms with E-state index >= 15 is 0 Å². The van der Waals surface area contributed by atoms with Crippen molar-refractivity contribution in [2.24, 2.45) is 5.92 Å². The van der Waals surface area contributed by atoms with Gasteiger partial charge in [0.15, 0.2) is 0 Å². The Morgan fingerprint density at radius 3 is 2.83 bits per heavy atom. The molecule has 18 heavy (non-hydrogen) atoms. The summed E-state index contributed by atoms with van der Waals surface area (Å²) in [4.78, 5) is 14.0. The van der Waals surface area contributed by atoms with Gasteiger partial charge in [0.2, 0.25) is 0 Å². The van der Waals surface area contributed by atoms with Gasteiger partial charge in [-0.15, -0.1) is 0 Å². The van der Waals surface area contributed by atoms with Gasteiger partial charge < -0.3 is 15.7 Å². The molecule has 2 unspecified atom stereocenters. The smallest absolute Gasteiger partial charge is 0.254 e. The first-order valence-corrected chi connectivity index (χ1v) is 6.32. The maximum atomic E-state index is 12.3. The number of nitrogen functional groups attached to an aromatic ring is 1. The van der Waals surface area contributed by atoms with Gasteiger partial charge in [-0.05, 0) is 37.0 Å². The number of rotatable bonds is 1. The predicted octanol–water partition coefficient (Wildman–Crippen LogP) is 1.42. The summed E-state index contributed by atoms with van der Waals surface area (Å²) in [7, 11) is 0. The number of hydrogen-bond donors (Lipinski definition) is 2. The van der Waals surface area contributed by atoms with Gasteiger partial charge in [0.25, 0.3) is 5.91 Å². The van der Waals surface area contributed by atoms with Gasteiger partial charge in [0, 0.05) is 24.3 Å². The SMILES string of the molecule is Cc1ccc(C(=O)N2CCC(C)C(O)C2)cc1N. The van der Waals surface area contributed by atoms with Gasteiger partial charge in [-0.25, -0.2) is 0 Å². The highest BCUT2D eigenvalue weighted by Crippen LogP contribution is 2.20. The lowest BCUT2D eigenvalue weighted by atomic mass is 9.95. The Hall–Kier alpha value is -1.55. The van der Waals surface area contributed by atoms with E-state index in [9.17, 15) is 9.90 Å². The van der Waals surface area contributed by atoms with Gasteiger partial charge in [0.1, 0.15) is 0 Å². The summed E-state index contributed by atoms with van der Waals surface area (Å²) in [5.74, 6) is 0.213. The van der Waals surface area contributed by atoms with Crippen molar-refractivity contribution in [2.75, 3.05) is 18.8 Å². The van der Waals surface area contributed by atoms with E-state index in [0.717, 1.165) is 12.0 Å². The minimum atomic E-state index is -0.425. The second-order valence-corrected chi connectivity index (χ2v) is 5.16. The number of nitrogens with two attached hydrogens (primary N) is 1. The lowest BCUT2D eigenvalue weighted by Crippen LogP contribution is -2.45. The van der Waals surface area contributed by atoms with E-state index in [4.69, 9.17) is 5.73 Å². The Morgan fingerprint density at radius 2 is 2.22 bits per heavy atom. The summed E-state index contributed by atoms with van der Waals surface area (Å²) in [5.41, 5.74) is 8.02. The van der Waals surface area contributed by atoms with Crippen molar-refractivity contribution in [3.8, 4) is 0 Å². The lowest BCUT2D eigenvalue weighted by molar-refractivity contribution is 0.0248. The number of amides is 1. The molecule has 4 heteroatoms. The minimum absolute atomic E-state index is 0.0485. The molecule has 0 saturated carbocycles. The number of aliphatic hydroxyl groups is 1. The molecule has 98 valence electrons. The van der Waals surface area contributed by atoms with Crippen molar-refractivity contribution < 1.29 is 9.90 Å². The molecule has 1 aliphatic heterocycles. The zero-order valence-corrected chi connectivity index (χ0v) is 10.9. The third-order valence-electron chi connectivity index (χ3n) is 3.73. The number of β-amino-alcohol motifs (C(OH)–C–C–N with tert-alkyl or cyclic N) is 1. The maximum absolute atomic E-state index is 12.3. The van der Waals surface area contributed by atoms with E-state index < -0.39 is 6.10 Å². The van der Waals surface area contributed by atoms with Gasteiger partial charge in [0.05, 0.1) is 6.10 Å². The molecule has 2 atom stereocenters. The van der Waals surface area contributed by atoms with Crippen LogP contribution in [-0.2, 0) is 0 Å². The molecule has 1 fully saturated rings. The number of anilines is 1. The molecule has 4 nitrogen and oxygen atoms in total. The number of aliphatic hydroxyl groups excluding tert-OH is 1. The molecule has 0 radical (unpaired) electrons. The number of aryl methyl sites for hydroxylation is 1. The summed E-state index contributed by atoms with van der Waals surface area (Å²) in [5, 5.41) is 9.82. The zero-order chi connectivity index (χ0) is 13.3. The Labute approximate surface area is 107 Å². The number of benzene rings is 1. The van der Waals surface area contributed by atoms with Gasteiger partial charge in [-0.3, -0.25) is 4.79 Å². The Bertz CT molecular complexity index is 459. The number of piperidine rings is 1. The van der Waals surface area contributed by atoms with Crippen LogP contribution in [0.2, 0.25) is 0 Å². The first-order chi connectivity index (χ1) is 8.49. The first-order valence-electron chi connectivity index (χ1n) is 6.32. The van der Waals surface area contributed by atoms with Crippen molar-refractivity contribution in [3.05, 3.63) is 29.3 Å². The van der Waals surface area contributed by atoms with E-state index in [1.165, 1.54) is 0 Å². The highest BCUT2D eigenvalue weighted by Gasteiger charge is 2.27. The molecule has 0 bridgehead atoms. The molecule has 1 aliphatic rings. The summed E-state index contributed by atoms with van der Waals surface area (Å²) < 4.78 is 0. The number of nitrogens with zero attached hydrogens (tertiary/aromatic N) is 1. The van der Waals surface area contributed by atoms with Crippen LogP contribution in [0.15, 0.2) is 18.2 Å². The van der Waals surface area contributed by atoms with Gasteiger partial charge in [-0.1, -0.05) is 13.0 Å². The van der Waals surface area contributed by atoms with Crippen molar-refractivity contribution in [3.63, 3.8) is 0 Å². The molecule has 1 aromatic rings. The third-order valence-corrected chi connectivity index (χ3v) is 3.73. The predicted molar refractivity (Wildman–Crippen MR) is 71.3 cm³/mol. The summed E-state index contributed by atoms with van der Waals surface area (Å²) in [6.07, 6.45) is 0.416. The third kappa shape index (κ3) is 2.48. The fraction of sp³-hybridized carbons (Fsp3) is 0.500. The molecular formula is C14H20N2O2. The second-order valence-electron chi connectivity index (χ2n) is 5.16. The number of likely N-dealkylation sites (tertiary alicyclic amines) is 1. The van der Waals surface area contributed by atoms with Gasteiger partial charge >= 0.3 is 0 Å². The van der Waals surface area contributed by atoms with Crippen LogP contribution in [-0.4, -0.2) is 35.1 Å². The molecule has 0 aromatic heterocycles. The number of hydrogen-bond acceptors (Lipinski definition) is 3. The fourth-order valence-corrected chi connectivity index (χ4v) is 2.19. The molecule has 0 aliphatic carbocycles. The lowest BCUT2D eigenvalue weighted by Gasteiger charge is -2.34. The van der Waals surface area contributed by atoms with Crippen LogP contribution in [0.4, 0.5) is 5.69 Å². The molecular weight excluding hydrogens is 228 g/mol. The topological polar surface area (TPSA) is 66.6 Å². The van der Waals surface area contributed by atoms with E-state index in [2.05, 4.69) is 0 Å². The van der Waals surface area contributed by atoms with Crippen LogP contribution in [0.3, 0.4) is 0 Å². The maximum Gasteiger partial charge on any atom is 0.254 e. The summed E-state index contributed by atoms with van der Waals surface area (Å²) >= 11 is 0. The minimum Gasteiger partial charge on any atom is -0.398 e. The number of carbonyl (C=O) groups is 1. The van der Waals surface area contributed by atoms with Crippen LogP contribution >= 0.6 is 0 Å². The van der Waals surface area contributed by atoms with E-state index in [1.807, 2.05) is 19.9 Å². The van der Waals surface area contributed by atoms with Crippen LogP contribution in [0.1, 0.15) is 29.3 Å². The average Bonchev–Trinajstić information content (AvgIpc) is 2.35. The molecule has 1 saturated heterocycles. The van der Waals surface area contributed by atoms with Crippen molar-refractivity contribution >= 4 is 11.6 Å². The Kier molecular flexibility index (Phi) is 3.57. The highest BCUT2D eigenvalue weighted by molar-refractivity contribution is 5.95. The molecule has 3 N–H and O–H groups in total. The van der Waals surface area contributed by atoms with Crippen LogP contribution < -0.4 is 5.73 Å². The highest BCUT2D eigenvalue weighted by atomic mass is 16.3.